The molecule has 0 aliphatic rings. The third-order valence-corrected chi connectivity index (χ3v) is 2.84. The summed E-state index contributed by atoms with van der Waals surface area (Å²) in [7, 11) is 0. The Kier molecular flexibility index (Phi) is 5.48. The number of carbonyl (C=O) groups excluding carboxylic acids is 1. The lowest BCUT2D eigenvalue weighted by molar-refractivity contribution is -0.139. The molecule has 1 heterocycles. The van der Waals surface area contributed by atoms with Crippen LogP contribution in [0, 0.1) is 6.92 Å². The summed E-state index contributed by atoms with van der Waals surface area (Å²) in [6.07, 6.45) is 1.91. The molecular weight excluding hydrogens is 244 g/mol. The maximum atomic E-state index is 12.2. The lowest BCUT2D eigenvalue weighted by Gasteiger charge is -2.26. The number of rotatable bonds is 6. The molecule has 104 valence electrons. The Morgan fingerprint density at radius 2 is 2.05 bits per heavy atom. The molecule has 0 fully saturated rings. The van der Waals surface area contributed by atoms with Crippen LogP contribution in [0.2, 0.25) is 0 Å². The summed E-state index contributed by atoms with van der Waals surface area (Å²) in [6, 6.07) is 3.72. The van der Waals surface area contributed by atoms with Crippen molar-refractivity contribution in [3.05, 3.63) is 29.6 Å². The van der Waals surface area contributed by atoms with Gasteiger partial charge in [0.05, 0.1) is 12.8 Å². The molecule has 0 saturated carbocycles. The second-order valence-electron chi connectivity index (χ2n) is 4.81. The van der Waals surface area contributed by atoms with Gasteiger partial charge in [-0.1, -0.05) is 6.07 Å². The highest BCUT2D eigenvalue weighted by Crippen LogP contribution is 2.07. The highest BCUT2D eigenvalue weighted by molar-refractivity contribution is 5.79. The molecule has 0 unspecified atom stereocenters. The summed E-state index contributed by atoms with van der Waals surface area (Å²) in [5.41, 5.74) is 1.75. The van der Waals surface area contributed by atoms with E-state index >= 15 is 0 Å². The van der Waals surface area contributed by atoms with Gasteiger partial charge in [-0.3, -0.25) is 14.6 Å². The third-order valence-electron chi connectivity index (χ3n) is 2.84. The van der Waals surface area contributed by atoms with Crippen LogP contribution in [0.3, 0.4) is 0 Å². The van der Waals surface area contributed by atoms with E-state index in [1.807, 2.05) is 32.9 Å². The fourth-order valence-electron chi connectivity index (χ4n) is 1.77. The molecule has 0 atom stereocenters. The third kappa shape index (κ3) is 5.07. The topological polar surface area (TPSA) is 70.5 Å². The van der Waals surface area contributed by atoms with Gasteiger partial charge >= 0.3 is 5.97 Å². The van der Waals surface area contributed by atoms with Crippen LogP contribution >= 0.6 is 0 Å². The predicted molar refractivity (Wildman–Crippen MR) is 71.8 cm³/mol. The molecule has 1 aromatic rings. The van der Waals surface area contributed by atoms with Gasteiger partial charge in [0.1, 0.15) is 0 Å². The minimum Gasteiger partial charge on any atom is -0.481 e. The summed E-state index contributed by atoms with van der Waals surface area (Å²) in [4.78, 5) is 28.5. The Morgan fingerprint density at radius 3 is 2.53 bits per heavy atom. The van der Waals surface area contributed by atoms with Gasteiger partial charge in [0.2, 0.25) is 5.91 Å². The van der Waals surface area contributed by atoms with Crippen molar-refractivity contribution in [2.45, 2.75) is 39.7 Å². The van der Waals surface area contributed by atoms with Gasteiger partial charge in [-0.15, -0.1) is 0 Å². The van der Waals surface area contributed by atoms with E-state index in [2.05, 4.69) is 4.98 Å². The number of hydrogen-bond acceptors (Lipinski definition) is 3. The van der Waals surface area contributed by atoms with Crippen molar-refractivity contribution in [3.8, 4) is 0 Å². The first-order valence-electron chi connectivity index (χ1n) is 6.33. The predicted octanol–water partition coefficient (Wildman–Crippen LogP) is 1.64. The van der Waals surface area contributed by atoms with Crippen molar-refractivity contribution in [2.75, 3.05) is 6.54 Å². The van der Waals surface area contributed by atoms with E-state index in [0.717, 1.165) is 11.3 Å². The average molecular weight is 264 g/mol. The van der Waals surface area contributed by atoms with Crippen molar-refractivity contribution >= 4 is 11.9 Å². The van der Waals surface area contributed by atoms with Crippen LogP contribution < -0.4 is 0 Å². The van der Waals surface area contributed by atoms with Gasteiger partial charge < -0.3 is 10.0 Å². The number of amides is 1. The number of hydrogen-bond donors (Lipinski definition) is 1. The highest BCUT2D eigenvalue weighted by atomic mass is 16.4. The number of aryl methyl sites for hydroxylation is 1. The lowest BCUT2D eigenvalue weighted by atomic mass is 10.1. The molecular formula is C14H20N2O3. The monoisotopic (exact) mass is 264 g/mol. The average Bonchev–Trinajstić information content (AvgIpc) is 2.31. The first-order chi connectivity index (χ1) is 8.90. The first kappa shape index (κ1) is 15.1. The largest absolute Gasteiger partial charge is 0.481 e. The van der Waals surface area contributed by atoms with Crippen molar-refractivity contribution in [2.24, 2.45) is 0 Å². The molecule has 0 aromatic carbocycles. The zero-order chi connectivity index (χ0) is 14.4. The molecule has 1 aromatic heterocycles. The van der Waals surface area contributed by atoms with Crippen molar-refractivity contribution in [1.29, 1.82) is 0 Å². The number of carboxylic acids is 1. The molecule has 0 radical (unpaired) electrons. The number of carboxylic acid groups (broad SMARTS) is 1. The lowest BCUT2D eigenvalue weighted by Crippen LogP contribution is -2.39. The quantitative estimate of drug-likeness (QED) is 0.848. The summed E-state index contributed by atoms with van der Waals surface area (Å²) >= 11 is 0. The Morgan fingerprint density at radius 1 is 1.37 bits per heavy atom. The Bertz CT molecular complexity index is 441. The number of carbonyl (C=O) groups is 2. The van der Waals surface area contributed by atoms with Crippen molar-refractivity contribution in [3.63, 3.8) is 0 Å². The summed E-state index contributed by atoms with van der Waals surface area (Å²) < 4.78 is 0. The molecule has 0 spiro atoms. The maximum Gasteiger partial charge on any atom is 0.305 e. The van der Waals surface area contributed by atoms with Crippen LogP contribution in [0.15, 0.2) is 18.3 Å². The minimum atomic E-state index is -0.893. The number of aliphatic carboxylic acids is 1. The number of pyridine rings is 1. The highest BCUT2D eigenvalue weighted by Gasteiger charge is 2.18. The summed E-state index contributed by atoms with van der Waals surface area (Å²) in [5, 5.41) is 8.70. The van der Waals surface area contributed by atoms with E-state index in [9.17, 15) is 9.59 Å². The molecule has 0 bridgehead atoms. The Balaban J connectivity index is 2.66. The van der Waals surface area contributed by atoms with Crippen LogP contribution in [0.25, 0.3) is 0 Å². The maximum absolute atomic E-state index is 12.2. The van der Waals surface area contributed by atoms with Gasteiger partial charge in [0.15, 0.2) is 0 Å². The van der Waals surface area contributed by atoms with Crippen LogP contribution in [0.5, 0.6) is 0 Å². The van der Waals surface area contributed by atoms with Crippen LogP contribution in [0.4, 0.5) is 0 Å². The second-order valence-corrected chi connectivity index (χ2v) is 4.81. The van der Waals surface area contributed by atoms with Gasteiger partial charge in [0, 0.05) is 24.5 Å². The summed E-state index contributed by atoms with van der Waals surface area (Å²) in [5.74, 6) is -0.961. The van der Waals surface area contributed by atoms with E-state index in [1.165, 1.54) is 0 Å². The van der Waals surface area contributed by atoms with Crippen LogP contribution in [0.1, 0.15) is 31.5 Å². The molecule has 5 heteroatoms. The second kappa shape index (κ2) is 6.87. The van der Waals surface area contributed by atoms with Crippen molar-refractivity contribution in [1.82, 2.24) is 9.88 Å². The molecule has 0 saturated heterocycles. The zero-order valence-corrected chi connectivity index (χ0v) is 11.6. The van der Waals surface area contributed by atoms with Gasteiger partial charge in [-0.25, -0.2) is 0 Å². The SMILES string of the molecule is Cc1ccc(CC(=O)N(CCC(=O)O)C(C)C)cn1. The van der Waals surface area contributed by atoms with Gasteiger partial charge in [0.25, 0.3) is 0 Å². The zero-order valence-electron chi connectivity index (χ0n) is 11.6. The van der Waals surface area contributed by atoms with Gasteiger partial charge in [-0.2, -0.15) is 0 Å². The Labute approximate surface area is 113 Å². The minimum absolute atomic E-state index is 0.00902. The van der Waals surface area contributed by atoms with E-state index < -0.39 is 5.97 Å². The number of aromatic nitrogens is 1. The molecule has 1 rings (SSSR count). The standard InChI is InChI=1S/C14H20N2O3/c1-10(2)16(7-6-14(18)19)13(17)8-12-5-4-11(3)15-9-12/h4-5,9-10H,6-8H2,1-3H3,(H,18,19). The van der Waals surface area contributed by atoms with Crippen LogP contribution in [-0.4, -0.2) is 39.5 Å². The fraction of sp³-hybridized carbons (Fsp3) is 0.500. The molecule has 5 nitrogen and oxygen atoms in total. The number of nitrogens with zero attached hydrogens (tertiary/aromatic N) is 2. The van der Waals surface area contributed by atoms with Gasteiger partial charge in [-0.05, 0) is 32.4 Å². The first-order valence-corrected chi connectivity index (χ1v) is 6.33. The molecule has 0 aliphatic heterocycles. The van der Waals surface area contributed by atoms with E-state index in [-0.39, 0.29) is 31.3 Å². The van der Waals surface area contributed by atoms with E-state index in [0.29, 0.717) is 0 Å². The van der Waals surface area contributed by atoms with Crippen LogP contribution in [-0.2, 0) is 16.0 Å². The van der Waals surface area contributed by atoms with Crippen molar-refractivity contribution < 1.29 is 14.7 Å². The molecule has 1 amide bonds. The molecule has 0 aliphatic carbocycles. The van der Waals surface area contributed by atoms with E-state index in [1.54, 1.807) is 11.1 Å². The molecule has 1 N–H and O–H groups in total. The smallest absolute Gasteiger partial charge is 0.305 e. The Hall–Kier alpha value is -1.91. The summed E-state index contributed by atoms with van der Waals surface area (Å²) in [6.45, 7) is 5.89. The molecule has 19 heavy (non-hydrogen) atoms. The normalized spacial score (nSPS) is 10.5. The fourth-order valence-corrected chi connectivity index (χ4v) is 1.77. The van der Waals surface area contributed by atoms with E-state index in [4.69, 9.17) is 5.11 Å².